The molecule has 0 rings (SSSR count). The van der Waals surface area contributed by atoms with Gasteiger partial charge in [-0.1, -0.05) is 20.4 Å². The summed E-state index contributed by atoms with van der Waals surface area (Å²) in [7, 11) is -4.78. The van der Waals surface area contributed by atoms with Crippen molar-refractivity contribution in [2.75, 3.05) is 0 Å². The number of hydrogen-bond acceptors (Lipinski definition) is 6. The summed E-state index contributed by atoms with van der Waals surface area (Å²) < 4.78 is 17.6. The molecule has 0 bridgehead atoms. The van der Waals surface area contributed by atoms with Gasteiger partial charge in [0.2, 0.25) is 14.6 Å². The van der Waals surface area contributed by atoms with Gasteiger partial charge in [-0.2, -0.15) is 0 Å². The van der Waals surface area contributed by atoms with Crippen LogP contribution in [0.15, 0.2) is 12.7 Å². The third kappa shape index (κ3) is 7.44. The lowest BCUT2D eigenvalue weighted by atomic mass is 10.1. The van der Waals surface area contributed by atoms with E-state index in [1.807, 2.05) is 26.9 Å². The van der Waals surface area contributed by atoms with Crippen LogP contribution in [0.4, 0.5) is 0 Å². The number of ketones is 1. The number of carbonyl (C=O) groups is 2. The Hall–Kier alpha value is -0.806. The van der Waals surface area contributed by atoms with E-state index < -0.39 is 35.0 Å². The molecule has 0 aromatic carbocycles. The predicted molar refractivity (Wildman–Crippen MR) is 108 cm³/mol. The van der Waals surface area contributed by atoms with E-state index in [0.717, 1.165) is 6.08 Å². The van der Waals surface area contributed by atoms with E-state index in [2.05, 4.69) is 19.7 Å². The first-order valence-corrected chi connectivity index (χ1v) is 15.2. The van der Waals surface area contributed by atoms with Gasteiger partial charge in [-0.05, 0) is 52.9 Å². The summed E-state index contributed by atoms with van der Waals surface area (Å²) in [6.07, 6.45) is 0.756. The largest absolute Gasteiger partial charge is 0.453 e. The van der Waals surface area contributed by atoms with E-state index in [9.17, 15) is 14.7 Å². The Kier molecular flexibility index (Phi) is 10.2. The molecule has 0 aromatic heterocycles. The molecule has 0 saturated carbocycles. The fraction of sp³-hybridized carbons (Fsp3) is 0.778. The Bertz CT molecular complexity index is 490. The first-order valence-electron chi connectivity index (χ1n) is 9.22. The summed E-state index contributed by atoms with van der Waals surface area (Å²) in [5.41, 5.74) is -0.469. The van der Waals surface area contributed by atoms with E-state index in [-0.39, 0.29) is 17.1 Å². The quantitative estimate of drug-likeness (QED) is 0.232. The Morgan fingerprint density at radius 3 is 2.00 bits per heavy atom. The lowest BCUT2D eigenvalue weighted by Crippen LogP contribution is -2.57. The molecule has 0 aliphatic carbocycles. The van der Waals surface area contributed by atoms with Crippen molar-refractivity contribution in [2.45, 2.75) is 90.4 Å². The second-order valence-corrected chi connectivity index (χ2v) is 16.2. The molecular weight excluding hydrogens is 368 g/mol. The first-order chi connectivity index (χ1) is 11.8. The van der Waals surface area contributed by atoms with Crippen molar-refractivity contribution in [2.24, 2.45) is 0 Å². The fourth-order valence-electron chi connectivity index (χ4n) is 3.36. The van der Waals surface area contributed by atoms with Gasteiger partial charge in [-0.3, -0.25) is 4.79 Å². The Balaban J connectivity index is 5.27. The van der Waals surface area contributed by atoms with Gasteiger partial charge >= 0.3 is 5.97 Å². The third-order valence-corrected chi connectivity index (χ3v) is 13.2. The SMILES string of the molecule is C=CC(=O)OC(C)OC(CC)[Si](C)(C)O[Si](C)(C)C(CC)C(=O)C(C)O. The van der Waals surface area contributed by atoms with Gasteiger partial charge < -0.3 is 18.7 Å². The third-order valence-electron chi connectivity index (χ3n) is 4.48. The Morgan fingerprint density at radius 1 is 1.08 bits per heavy atom. The molecule has 152 valence electrons. The normalized spacial score (nSPS) is 17.1. The van der Waals surface area contributed by atoms with Crippen LogP contribution in [0.1, 0.15) is 40.5 Å². The Labute approximate surface area is 160 Å². The van der Waals surface area contributed by atoms with Gasteiger partial charge in [0.25, 0.3) is 0 Å². The minimum absolute atomic E-state index is 0.156. The molecule has 4 atom stereocenters. The van der Waals surface area contributed by atoms with Crippen LogP contribution < -0.4 is 0 Å². The topological polar surface area (TPSA) is 82.1 Å². The molecule has 6 nitrogen and oxygen atoms in total. The van der Waals surface area contributed by atoms with Crippen LogP contribution in [0.5, 0.6) is 0 Å². The standard InChI is InChI=1S/C18H36O6Si2/c1-10-15(18(21)13(4)19)25(6,7)24-26(8,9)17(12-3)23-14(5)22-16(20)11-2/h11,13-15,17,19H,2,10,12H2,1,3-9H3. The molecule has 8 heteroatoms. The number of aliphatic hydroxyl groups is 1. The van der Waals surface area contributed by atoms with Crippen LogP contribution in [0.2, 0.25) is 31.7 Å². The maximum Gasteiger partial charge on any atom is 0.332 e. The zero-order chi connectivity index (χ0) is 20.7. The molecule has 1 N–H and O–H groups in total. The van der Waals surface area contributed by atoms with Gasteiger partial charge in [0.15, 0.2) is 14.1 Å². The summed E-state index contributed by atoms with van der Waals surface area (Å²) in [6.45, 7) is 18.6. The van der Waals surface area contributed by atoms with Crippen LogP contribution >= 0.6 is 0 Å². The average Bonchev–Trinajstić information content (AvgIpc) is 2.51. The molecule has 0 heterocycles. The lowest BCUT2D eigenvalue weighted by Gasteiger charge is -2.42. The molecule has 0 fully saturated rings. The molecular formula is C18H36O6Si2. The number of carbonyl (C=O) groups excluding carboxylic acids is 2. The smallest absolute Gasteiger partial charge is 0.332 e. The van der Waals surface area contributed by atoms with Crippen molar-refractivity contribution in [1.29, 1.82) is 0 Å². The van der Waals surface area contributed by atoms with Crippen molar-refractivity contribution >= 4 is 28.4 Å². The maximum atomic E-state index is 12.4. The molecule has 0 spiro atoms. The monoisotopic (exact) mass is 404 g/mol. The molecule has 0 radical (unpaired) electrons. The second-order valence-electron chi connectivity index (χ2n) is 7.59. The zero-order valence-corrected chi connectivity index (χ0v) is 19.5. The van der Waals surface area contributed by atoms with Crippen molar-refractivity contribution in [3.05, 3.63) is 12.7 Å². The highest BCUT2D eigenvalue weighted by atomic mass is 28.4. The highest BCUT2D eigenvalue weighted by molar-refractivity contribution is 6.87. The van der Waals surface area contributed by atoms with Crippen LogP contribution in [0, 0.1) is 0 Å². The number of Topliss-reactive ketones (excluding diaryl/α,β-unsaturated/α-hetero) is 1. The fourth-order valence-corrected chi connectivity index (χ4v) is 13.3. The summed E-state index contributed by atoms with van der Waals surface area (Å²) in [5, 5.41) is 9.71. The summed E-state index contributed by atoms with van der Waals surface area (Å²) in [5.74, 6) is -0.688. The van der Waals surface area contributed by atoms with Gasteiger partial charge in [0.1, 0.15) is 6.10 Å². The van der Waals surface area contributed by atoms with Crippen molar-refractivity contribution in [1.82, 2.24) is 0 Å². The van der Waals surface area contributed by atoms with E-state index in [1.54, 1.807) is 6.92 Å². The van der Waals surface area contributed by atoms with E-state index in [4.69, 9.17) is 13.6 Å². The van der Waals surface area contributed by atoms with Crippen LogP contribution in [-0.2, 0) is 23.2 Å². The van der Waals surface area contributed by atoms with E-state index in [0.29, 0.717) is 12.8 Å². The van der Waals surface area contributed by atoms with Gasteiger partial charge in [0.05, 0.1) is 5.73 Å². The molecule has 0 aliphatic rings. The zero-order valence-electron chi connectivity index (χ0n) is 17.5. The number of esters is 1. The molecule has 26 heavy (non-hydrogen) atoms. The minimum atomic E-state index is -2.41. The van der Waals surface area contributed by atoms with Crippen LogP contribution in [-0.4, -0.2) is 51.6 Å². The minimum Gasteiger partial charge on any atom is -0.453 e. The summed E-state index contributed by atoms with van der Waals surface area (Å²) in [6, 6.07) is 0. The highest BCUT2D eigenvalue weighted by Crippen LogP contribution is 2.33. The van der Waals surface area contributed by atoms with Gasteiger partial charge in [-0.25, -0.2) is 4.79 Å². The van der Waals surface area contributed by atoms with E-state index in [1.165, 1.54) is 6.92 Å². The lowest BCUT2D eigenvalue weighted by molar-refractivity contribution is -0.173. The van der Waals surface area contributed by atoms with Crippen molar-refractivity contribution in [3.8, 4) is 0 Å². The molecule has 0 saturated heterocycles. The van der Waals surface area contributed by atoms with Crippen LogP contribution in [0.3, 0.4) is 0 Å². The first kappa shape index (κ1) is 25.2. The summed E-state index contributed by atoms with van der Waals surface area (Å²) in [4.78, 5) is 23.7. The van der Waals surface area contributed by atoms with Gasteiger partial charge in [-0.15, -0.1) is 0 Å². The van der Waals surface area contributed by atoms with Crippen molar-refractivity contribution < 1.29 is 28.3 Å². The number of aliphatic hydroxyl groups excluding tert-OH is 1. The number of rotatable bonds is 12. The van der Waals surface area contributed by atoms with E-state index >= 15 is 0 Å². The number of ether oxygens (including phenoxy) is 2. The Morgan fingerprint density at radius 2 is 1.62 bits per heavy atom. The van der Waals surface area contributed by atoms with Crippen molar-refractivity contribution in [3.63, 3.8) is 0 Å². The summed E-state index contributed by atoms with van der Waals surface area (Å²) >= 11 is 0. The number of hydrogen-bond donors (Lipinski definition) is 1. The molecule has 0 aliphatic heterocycles. The average molecular weight is 405 g/mol. The van der Waals surface area contributed by atoms with Gasteiger partial charge in [0, 0.05) is 11.6 Å². The molecule has 0 amide bonds. The van der Waals surface area contributed by atoms with Crippen LogP contribution in [0.25, 0.3) is 0 Å². The molecule has 4 unspecified atom stereocenters. The second kappa shape index (κ2) is 10.5. The predicted octanol–water partition coefficient (Wildman–Crippen LogP) is 3.55. The molecule has 0 aromatic rings. The maximum absolute atomic E-state index is 12.4. The highest BCUT2D eigenvalue weighted by Gasteiger charge is 2.46.